The zero-order valence-electron chi connectivity index (χ0n) is 13.7. The van der Waals surface area contributed by atoms with Gasteiger partial charge in [-0.2, -0.15) is 5.70 Å². The fourth-order valence-corrected chi connectivity index (χ4v) is 1.88. The van der Waals surface area contributed by atoms with Gasteiger partial charge in [0.15, 0.2) is 0 Å². The number of allylic oxidation sites excluding steroid dienone is 3. The van der Waals surface area contributed by atoms with Crippen LogP contribution in [0.15, 0.2) is 22.4 Å². The van der Waals surface area contributed by atoms with Gasteiger partial charge < -0.3 is 5.32 Å². The third-order valence-electron chi connectivity index (χ3n) is 3.05. The molecule has 1 aliphatic carbocycles. The second kappa shape index (κ2) is 8.40. The van der Waals surface area contributed by atoms with Crippen LogP contribution in [0.25, 0.3) is 5.32 Å². The van der Waals surface area contributed by atoms with Crippen molar-refractivity contribution < 1.29 is 21.7 Å². The summed E-state index contributed by atoms with van der Waals surface area (Å²) < 4.78 is 0. The van der Waals surface area contributed by atoms with Gasteiger partial charge in [0.1, 0.15) is 0 Å². The predicted molar refractivity (Wildman–Crippen MR) is 83.6 cm³/mol. The predicted octanol–water partition coefficient (Wildman–Crippen LogP) is 4.67. The van der Waals surface area contributed by atoms with E-state index in [1.807, 2.05) is 0 Å². The zero-order chi connectivity index (χ0) is 13.8. The van der Waals surface area contributed by atoms with Crippen LogP contribution in [0.3, 0.4) is 0 Å². The molecule has 1 nitrogen and oxygen atoms in total. The number of nitrogens with zero attached hydrogens (tertiary/aromatic N) is 1. The van der Waals surface area contributed by atoms with Gasteiger partial charge in [0, 0.05) is 31.2 Å². The monoisotopic (exact) mass is 300 g/mol. The Hall–Kier alpha value is 0.211. The molecule has 1 rings (SSSR count). The molecule has 0 aromatic rings. The van der Waals surface area contributed by atoms with E-state index < -0.39 is 0 Å². The smallest absolute Gasteiger partial charge is 0.0135 e. The largest absolute Gasteiger partial charge is 0.682 e. The molecule has 104 valence electrons. The van der Waals surface area contributed by atoms with Crippen molar-refractivity contribution in [3.63, 3.8) is 0 Å². The third-order valence-corrected chi connectivity index (χ3v) is 3.05. The zero-order valence-corrected chi connectivity index (χ0v) is 16.7. The Morgan fingerprint density at radius 3 is 1.61 bits per heavy atom. The van der Waals surface area contributed by atoms with Gasteiger partial charge in [0.2, 0.25) is 0 Å². The van der Waals surface area contributed by atoms with Crippen LogP contribution in [0, 0.1) is 5.92 Å². The Bertz CT molecular complexity index is 324. The minimum atomic E-state index is 0. The molecule has 1 atom stereocenters. The second-order valence-corrected chi connectivity index (χ2v) is 7.44. The van der Waals surface area contributed by atoms with Crippen LogP contribution >= 0.6 is 0 Å². The summed E-state index contributed by atoms with van der Waals surface area (Å²) in [6, 6.07) is 0. The van der Waals surface area contributed by atoms with Gasteiger partial charge in [0.25, 0.3) is 0 Å². The number of hydrogen-bond acceptors (Lipinski definition) is 0. The molecule has 0 N–H and O–H groups in total. The molecule has 0 saturated carbocycles. The van der Waals surface area contributed by atoms with E-state index in [2.05, 4.69) is 61.6 Å². The first-order valence-corrected chi connectivity index (χ1v) is 9.59. The van der Waals surface area contributed by atoms with Gasteiger partial charge in [0.05, 0.1) is 0 Å². The summed E-state index contributed by atoms with van der Waals surface area (Å²) in [6.07, 6.45) is 0. The van der Waals surface area contributed by atoms with Crippen molar-refractivity contribution in [3.8, 4) is 0 Å². The van der Waals surface area contributed by atoms with E-state index in [4.69, 9.17) is 5.32 Å². The first-order chi connectivity index (χ1) is 7.65. The first-order valence-electron chi connectivity index (χ1n) is 6.77. The van der Waals surface area contributed by atoms with Crippen LogP contribution in [0.1, 0.15) is 48.5 Å². The Kier molecular flexibility index (Phi) is 9.57. The molecule has 0 heterocycles. The minimum Gasteiger partial charge on any atom is -0.682 e. The molecule has 0 bridgehead atoms. The van der Waals surface area contributed by atoms with Crippen LogP contribution < -0.4 is 0 Å². The van der Waals surface area contributed by atoms with Crippen molar-refractivity contribution in [1.29, 1.82) is 0 Å². The van der Waals surface area contributed by atoms with Crippen LogP contribution in [0.5, 0.6) is 0 Å². The summed E-state index contributed by atoms with van der Waals surface area (Å²) in [5.74, 6) is 0.509. The van der Waals surface area contributed by atoms with E-state index in [0.29, 0.717) is 15.4 Å². The molecule has 18 heavy (non-hydrogen) atoms. The quantitative estimate of drug-likeness (QED) is 0.625. The molecule has 3 heteroatoms. The van der Waals surface area contributed by atoms with Gasteiger partial charge in [-0.1, -0.05) is 57.5 Å². The van der Waals surface area contributed by atoms with Gasteiger partial charge in [-0.3, -0.25) is 0 Å². The van der Waals surface area contributed by atoms with Gasteiger partial charge in [-0.15, -0.1) is 5.54 Å². The van der Waals surface area contributed by atoms with Crippen LogP contribution in [-0.2, 0) is 21.7 Å². The van der Waals surface area contributed by atoms with E-state index in [0.717, 1.165) is 0 Å². The summed E-state index contributed by atoms with van der Waals surface area (Å²) in [4.78, 5) is 0. The summed E-state index contributed by atoms with van der Waals surface area (Å²) in [5, 5.41) is 4.81. The van der Waals surface area contributed by atoms with E-state index in [1.165, 1.54) is 22.4 Å². The van der Waals surface area contributed by atoms with E-state index in [1.54, 1.807) is 0 Å². The molecule has 1 aliphatic rings. The maximum atomic E-state index is 4.81. The van der Waals surface area contributed by atoms with Crippen molar-refractivity contribution in [2.45, 2.75) is 67.1 Å². The van der Waals surface area contributed by atoms with Crippen molar-refractivity contribution in [3.05, 3.63) is 27.7 Å². The summed E-state index contributed by atoms with van der Waals surface area (Å²) >= 11 is 0. The Morgan fingerprint density at radius 2 is 1.39 bits per heavy atom. The fourth-order valence-electron chi connectivity index (χ4n) is 1.88. The van der Waals surface area contributed by atoms with Crippen molar-refractivity contribution >= 4 is 9.52 Å². The summed E-state index contributed by atoms with van der Waals surface area (Å²) in [6.45, 7) is 19.8. The van der Waals surface area contributed by atoms with Crippen molar-refractivity contribution in [1.82, 2.24) is 0 Å². The normalized spacial score (nSPS) is 19.3. The van der Waals surface area contributed by atoms with Crippen LogP contribution in [-0.4, -0.2) is 15.1 Å². The Labute approximate surface area is 132 Å². The first kappa shape index (κ1) is 20.5. The maximum absolute atomic E-state index is 4.81. The molecule has 1 unspecified atom stereocenters. The van der Waals surface area contributed by atoms with Gasteiger partial charge in [-0.05, 0) is 26.7 Å². The van der Waals surface area contributed by atoms with Crippen LogP contribution in [0.2, 0.25) is 13.1 Å². The molecule has 0 amide bonds. The van der Waals surface area contributed by atoms with Gasteiger partial charge in [-0.25, -0.2) is 0 Å². The second-order valence-electron chi connectivity index (χ2n) is 6.03. The van der Waals surface area contributed by atoms with Crippen LogP contribution in [0.4, 0.5) is 0 Å². The molecule has 0 radical (unpaired) electrons. The molecule has 0 aliphatic heterocycles. The summed E-state index contributed by atoms with van der Waals surface area (Å²) in [5.41, 5.74) is 5.61. The van der Waals surface area contributed by atoms with E-state index >= 15 is 0 Å². The molecule has 0 aromatic heterocycles. The fraction of sp³-hybridized carbons (Fsp3) is 0.733. The standard InChI is InChI=1S/C13H22N.C2H8Si.Ti/c1-8-9(2)11(4)12(10(8)3)14-13(5,6)7;1-3-2;/h10H,1-7H3;3H2,1-2H3;/q-1;;. The van der Waals surface area contributed by atoms with Gasteiger partial charge >= 0.3 is 0 Å². The maximum Gasteiger partial charge on any atom is 0.0135 e. The minimum absolute atomic E-state index is 0. The van der Waals surface area contributed by atoms with Crippen molar-refractivity contribution in [2.24, 2.45) is 5.92 Å². The number of hydrogen-bond donors (Lipinski definition) is 0. The topological polar surface area (TPSA) is 14.1 Å². The summed E-state index contributed by atoms with van der Waals surface area (Å²) in [7, 11) is 0.417. The average molecular weight is 300 g/mol. The molecular weight excluding hydrogens is 270 g/mol. The molecule has 0 spiro atoms. The third kappa shape index (κ3) is 5.90. The molecule has 0 fully saturated rings. The molecule has 0 aromatic carbocycles. The van der Waals surface area contributed by atoms with E-state index in [-0.39, 0.29) is 27.3 Å². The average Bonchev–Trinajstić information content (AvgIpc) is 2.35. The van der Waals surface area contributed by atoms with E-state index in [9.17, 15) is 0 Å². The SMILES string of the molecule is CC1=C(C)C(C)C([N-]C(C)(C)C)=C1C.C[SiH2]C.[Ti]. The molecule has 0 saturated heterocycles. The van der Waals surface area contributed by atoms with Crippen molar-refractivity contribution in [2.75, 3.05) is 0 Å². The Balaban J connectivity index is 0. The Morgan fingerprint density at radius 1 is 1.00 bits per heavy atom. The molecular formula is C15H30NSiTi-. The number of rotatable bonds is 1.